The first-order valence-corrected chi connectivity index (χ1v) is 8.84. The van der Waals surface area contributed by atoms with E-state index in [1.165, 1.54) is 0 Å². The van der Waals surface area contributed by atoms with E-state index in [1.54, 1.807) is 18.2 Å². The molecule has 0 aliphatic heterocycles. The molecule has 0 bridgehead atoms. The summed E-state index contributed by atoms with van der Waals surface area (Å²) in [6.07, 6.45) is 1.65. The van der Waals surface area contributed by atoms with E-state index in [9.17, 15) is 8.42 Å². The molecular formula is C15H26N2O3S. The Kier molecular flexibility index (Phi) is 7.88. The fraction of sp³-hybridized carbons (Fsp3) is 0.600. The minimum atomic E-state index is -3.45. The first-order chi connectivity index (χ1) is 10.0. The average Bonchev–Trinajstić information content (AvgIpc) is 2.50. The topological polar surface area (TPSA) is 67.4 Å². The number of sulfonamides is 1. The van der Waals surface area contributed by atoms with Crippen molar-refractivity contribution in [2.24, 2.45) is 0 Å². The molecule has 2 N–H and O–H groups in total. The molecule has 1 unspecified atom stereocenters. The molecule has 0 aliphatic carbocycles. The van der Waals surface area contributed by atoms with Crippen LogP contribution >= 0.6 is 0 Å². The Hall–Kier alpha value is -0.950. The average molecular weight is 314 g/mol. The quantitative estimate of drug-likeness (QED) is 0.649. The summed E-state index contributed by atoms with van der Waals surface area (Å²) < 4.78 is 32.4. The molecule has 21 heavy (non-hydrogen) atoms. The molecule has 5 nitrogen and oxygen atoms in total. The number of benzene rings is 1. The molecule has 120 valence electrons. The third-order valence-corrected chi connectivity index (χ3v) is 4.67. The van der Waals surface area contributed by atoms with Crippen LogP contribution in [0.5, 0.6) is 0 Å². The van der Waals surface area contributed by atoms with Gasteiger partial charge in [0.05, 0.1) is 4.90 Å². The highest BCUT2D eigenvalue weighted by Gasteiger charge is 2.14. The van der Waals surface area contributed by atoms with Crippen molar-refractivity contribution in [1.82, 2.24) is 10.0 Å². The predicted molar refractivity (Wildman–Crippen MR) is 84.8 cm³/mol. The highest BCUT2D eigenvalue weighted by molar-refractivity contribution is 7.89. The Morgan fingerprint density at radius 2 is 2.05 bits per heavy atom. The second kappa shape index (κ2) is 9.15. The van der Waals surface area contributed by atoms with Gasteiger partial charge < -0.3 is 10.1 Å². The third-order valence-electron chi connectivity index (χ3n) is 3.21. The first kappa shape index (κ1) is 18.1. The summed E-state index contributed by atoms with van der Waals surface area (Å²) in [6, 6.07) is 7.11. The van der Waals surface area contributed by atoms with Gasteiger partial charge in [0.15, 0.2) is 0 Å². The summed E-state index contributed by atoms with van der Waals surface area (Å²) in [6.45, 7) is 5.72. The molecule has 0 aliphatic rings. The van der Waals surface area contributed by atoms with Crippen molar-refractivity contribution in [1.29, 1.82) is 0 Å². The van der Waals surface area contributed by atoms with Gasteiger partial charge in [-0.15, -0.1) is 0 Å². The molecule has 1 rings (SSSR count). The monoisotopic (exact) mass is 314 g/mol. The molecule has 0 saturated carbocycles. The molecule has 0 amide bonds. The van der Waals surface area contributed by atoms with Crippen LogP contribution in [0.2, 0.25) is 0 Å². The van der Waals surface area contributed by atoms with E-state index in [0.717, 1.165) is 18.6 Å². The maximum absolute atomic E-state index is 12.2. The summed E-state index contributed by atoms with van der Waals surface area (Å²) in [5.74, 6) is 0. The van der Waals surface area contributed by atoms with Gasteiger partial charge in [-0.2, -0.15) is 0 Å². The summed E-state index contributed by atoms with van der Waals surface area (Å²) in [4.78, 5) is 0.302. The van der Waals surface area contributed by atoms with Crippen LogP contribution in [0.25, 0.3) is 0 Å². The third kappa shape index (κ3) is 6.13. The largest absolute Gasteiger partial charge is 0.381 e. The fourth-order valence-corrected chi connectivity index (χ4v) is 2.96. The molecule has 1 aromatic carbocycles. The minimum absolute atomic E-state index is 0.114. The molecule has 0 saturated heterocycles. The van der Waals surface area contributed by atoms with Gasteiger partial charge in [0.25, 0.3) is 0 Å². The predicted octanol–water partition coefficient (Wildman–Crippen LogP) is 2.06. The fourth-order valence-electron chi connectivity index (χ4n) is 1.83. The van der Waals surface area contributed by atoms with Crippen molar-refractivity contribution in [2.75, 3.05) is 26.8 Å². The van der Waals surface area contributed by atoms with Gasteiger partial charge in [-0.3, -0.25) is 0 Å². The second-order valence-corrected chi connectivity index (χ2v) is 6.71. The van der Waals surface area contributed by atoms with Crippen LogP contribution in [0.4, 0.5) is 0 Å². The lowest BCUT2D eigenvalue weighted by atomic mass is 10.1. The van der Waals surface area contributed by atoms with Crippen LogP contribution in [0.15, 0.2) is 29.2 Å². The van der Waals surface area contributed by atoms with Crippen LogP contribution in [0, 0.1) is 0 Å². The van der Waals surface area contributed by atoms with Gasteiger partial charge in [0.2, 0.25) is 10.0 Å². The SMILES string of the molecule is CCCOCCCNS(=O)(=O)c1cccc(C(C)NC)c1. The number of nitrogens with one attached hydrogen (secondary N) is 2. The zero-order valence-corrected chi connectivity index (χ0v) is 13.9. The van der Waals surface area contributed by atoms with Gasteiger partial charge in [0, 0.05) is 25.8 Å². The highest BCUT2D eigenvalue weighted by Crippen LogP contribution is 2.17. The number of hydrogen-bond donors (Lipinski definition) is 2. The molecule has 6 heteroatoms. The van der Waals surface area contributed by atoms with Crippen LogP contribution in [0.3, 0.4) is 0 Å². The number of ether oxygens (including phenoxy) is 1. The zero-order valence-electron chi connectivity index (χ0n) is 13.1. The molecular weight excluding hydrogens is 288 g/mol. The van der Waals surface area contributed by atoms with Crippen molar-refractivity contribution in [3.8, 4) is 0 Å². The van der Waals surface area contributed by atoms with E-state index in [0.29, 0.717) is 24.5 Å². The van der Waals surface area contributed by atoms with E-state index < -0.39 is 10.0 Å². The van der Waals surface area contributed by atoms with Gasteiger partial charge >= 0.3 is 0 Å². The van der Waals surface area contributed by atoms with E-state index >= 15 is 0 Å². The van der Waals surface area contributed by atoms with Crippen LogP contribution < -0.4 is 10.0 Å². The van der Waals surface area contributed by atoms with Gasteiger partial charge in [-0.05, 0) is 44.5 Å². The van der Waals surface area contributed by atoms with Crippen molar-refractivity contribution in [3.63, 3.8) is 0 Å². The molecule has 0 radical (unpaired) electrons. The first-order valence-electron chi connectivity index (χ1n) is 7.36. The number of hydrogen-bond acceptors (Lipinski definition) is 4. The van der Waals surface area contributed by atoms with Gasteiger partial charge in [-0.25, -0.2) is 13.1 Å². The minimum Gasteiger partial charge on any atom is -0.381 e. The van der Waals surface area contributed by atoms with E-state index in [4.69, 9.17) is 4.74 Å². The van der Waals surface area contributed by atoms with Crippen molar-refractivity contribution < 1.29 is 13.2 Å². The Morgan fingerprint density at radius 3 is 2.71 bits per heavy atom. The van der Waals surface area contributed by atoms with E-state index in [2.05, 4.69) is 10.0 Å². The molecule has 0 aromatic heterocycles. The normalized spacial score (nSPS) is 13.3. The van der Waals surface area contributed by atoms with E-state index in [-0.39, 0.29) is 6.04 Å². The van der Waals surface area contributed by atoms with Crippen molar-refractivity contribution in [3.05, 3.63) is 29.8 Å². The Morgan fingerprint density at radius 1 is 1.29 bits per heavy atom. The summed E-state index contributed by atoms with van der Waals surface area (Å²) >= 11 is 0. The molecule has 1 atom stereocenters. The van der Waals surface area contributed by atoms with Crippen molar-refractivity contribution >= 4 is 10.0 Å². The molecule has 0 heterocycles. The highest BCUT2D eigenvalue weighted by atomic mass is 32.2. The zero-order chi connectivity index (χ0) is 15.7. The lowest BCUT2D eigenvalue weighted by molar-refractivity contribution is 0.133. The van der Waals surface area contributed by atoms with Crippen LogP contribution in [-0.4, -0.2) is 35.2 Å². The maximum Gasteiger partial charge on any atom is 0.240 e. The van der Waals surface area contributed by atoms with Crippen LogP contribution in [0.1, 0.15) is 38.3 Å². The Balaban J connectivity index is 2.58. The molecule has 0 fully saturated rings. The van der Waals surface area contributed by atoms with Crippen molar-refractivity contribution in [2.45, 2.75) is 37.6 Å². The maximum atomic E-state index is 12.2. The Labute approximate surface area is 128 Å². The molecule has 0 spiro atoms. The summed E-state index contributed by atoms with van der Waals surface area (Å²) in [7, 11) is -1.60. The van der Waals surface area contributed by atoms with Gasteiger partial charge in [-0.1, -0.05) is 19.1 Å². The Bertz CT molecular complexity index is 517. The number of rotatable bonds is 10. The standard InChI is InChI=1S/C15H26N2O3S/c1-4-10-20-11-6-9-17-21(18,19)15-8-5-7-14(12-15)13(2)16-3/h5,7-8,12-13,16-17H,4,6,9-11H2,1-3H3. The summed E-state index contributed by atoms with van der Waals surface area (Å²) in [5, 5.41) is 3.10. The smallest absolute Gasteiger partial charge is 0.240 e. The summed E-state index contributed by atoms with van der Waals surface area (Å²) in [5.41, 5.74) is 0.951. The lowest BCUT2D eigenvalue weighted by Crippen LogP contribution is -2.26. The lowest BCUT2D eigenvalue weighted by Gasteiger charge is -2.12. The second-order valence-electron chi connectivity index (χ2n) is 4.95. The van der Waals surface area contributed by atoms with E-state index in [1.807, 2.05) is 27.0 Å². The van der Waals surface area contributed by atoms with Gasteiger partial charge in [0.1, 0.15) is 0 Å². The molecule has 1 aromatic rings. The van der Waals surface area contributed by atoms with Crippen LogP contribution in [-0.2, 0) is 14.8 Å².